The topological polar surface area (TPSA) is 45.7 Å². The molecular formula is C17H26F2IN3O. The lowest BCUT2D eigenvalue weighted by atomic mass is 10.0. The van der Waals surface area contributed by atoms with Crippen molar-refractivity contribution >= 4 is 29.9 Å². The number of rotatable bonds is 6. The lowest BCUT2D eigenvalue weighted by Gasteiger charge is -2.16. The summed E-state index contributed by atoms with van der Waals surface area (Å²) >= 11 is 0. The van der Waals surface area contributed by atoms with E-state index >= 15 is 0 Å². The molecule has 2 rings (SSSR count). The van der Waals surface area contributed by atoms with Crippen molar-refractivity contribution in [2.45, 2.75) is 38.7 Å². The van der Waals surface area contributed by atoms with Crippen LogP contribution >= 0.6 is 24.0 Å². The van der Waals surface area contributed by atoms with E-state index in [2.05, 4.69) is 15.6 Å². The van der Waals surface area contributed by atoms with E-state index in [0.29, 0.717) is 6.54 Å². The number of ether oxygens (including phenoxy) is 1. The maximum atomic E-state index is 13.3. The molecule has 1 heterocycles. The van der Waals surface area contributed by atoms with Crippen molar-refractivity contribution in [1.82, 2.24) is 10.6 Å². The van der Waals surface area contributed by atoms with Crippen LogP contribution in [0.3, 0.4) is 0 Å². The van der Waals surface area contributed by atoms with Crippen molar-refractivity contribution in [2.75, 3.05) is 26.2 Å². The third-order valence-electron chi connectivity index (χ3n) is 3.90. The van der Waals surface area contributed by atoms with Gasteiger partial charge >= 0.3 is 0 Å². The van der Waals surface area contributed by atoms with Crippen molar-refractivity contribution < 1.29 is 13.5 Å². The minimum absolute atomic E-state index is 0. The van der Waals surface area contributed by atoms with E-state index in [4.69, 9.17) is 4.74 Å². The molecule has 0 spiro atoms. The molecule has 1 aromatic rings. The minimum atomic E-state index is -0.823. The smallest absolute Gasteiger partial charge is 0.191 e. The summed E-state index contributed by atoms with van der Waals surface area (Å²) in [6.07, 6.45) is 2.41. The van der Waals surface area contributed by atoms with Crippen LogP contribution in [0.2, 0.25) is 0 Å². The zero-order valence-electron chi connectivity index (χ0n) is 14.1. The molecule has 4 nitrogen and oxygen atoms in total. The largest absolute Gasteiger partial charge is 0.376 e. The summed E-state index contributed by atoms with van der Waals surface area (Å²) in [6.45, 7) is 6.75. The van der Waals surface area contributed by atoms with Gasteiger partial charge in [-0.1, -0.05) is 13.0 Å². The predicted molar refractivity (Wildman–Crippen MR) is 103 cm³/mol. The standard InChI is InChI=1S/C17H25F2N3O.HI/c1-3-20-17(22-11-14-5-4-8-23-14)21-10-12(2)13-6-7-15(18)16(19)9-13;/h6-7,9,12,14H,3-5,8,10-11H2,1-2H3,(H2,20,21,22);1H. The highest BCUT2D eigenvalue weighted by Crippen LogP contribution is 2.18. The summed E-state index contributed by atoms with van der Waals surface area (Å²) in [5.74, 6) is -0.918. The van der Waals surface area contributed by atoms with Gasteiger partial charge in [-0.05, 0) is 37.5 Å². The molecular weight excluding hydrogens is 427 g/mol. The lowest BCUT2D eigenvalue weighted by Crippen LogP contribution is -2.41. The predicted octanol–water partition coefficient (Wildman–Crippen LogP) is 3.42. The highest BCUT2D eigenvalue weighted by atomic mass is 127. The molecule has 1 fully saturated rings. The Morgan fingerprint density at radius 1 is 1.33 bits per heavy atom. The van der Waals surface area contributed by atoms with E-state index in [1.165, 1.54) is 6.07 Å². The molecule has 0 aliphatic carbocycles. The number of benzene rings is 1. The summed E-state index contributed by atoms with van der Waals surface area (Å²) in [5, 5.41) is 6.45. The molecule has 2 N–H and O–H groups in total. The highest BCUT2D eigenvalue weighted by Gasteiger charge is 2.15. The summed E-state index contributed by atoms with van der Waals surface area (Å²) in [4.78, 5) is 4.53. The average Bonchev–Trinajstić information content (AvgIpc) is 3.06. The van der Waals surface area contributed by atoms with Crippen molar-refractivity contribution in [3.8, 4) is 0 Å². The molecule has 136 valence electrons. The second kappa shape index (κ2) is 10.8. The van der Waals surface area contributed by atoms with Crippen molar-refractivity contribution in [3.05, 3.63) is 35.4 Å². The van der Waals surface area contributed by atoms with Gasteiger partial charge in [0.1, 0.15) is 0 Å². The Morgan fingerprint density at radius 2 is 2.12 bits per heavy atom. The summed E-state index contributed by atoms with van der Waals surface area (Å²) < 4.78 is 31.9. The molecule has 7 heteroatoms. The Labute approximate surface area is 159 Å². The number of aliphatic imine (C=N–C) groups is 1. The first-order valence-electron chi connectivity index (χ1n) is 8.19. The highest BCUT2D eigenvalue weighted by molar-refractivity contribution is 14.0. The molecule has 1 aliphatic heterocycles. The Bertz CT molecular complexity index is 537. The third kappa shape index (κ3) is 6.51. The zero-order chi connectivity index (χ0) is 16.7. The zero-order valence-corrected chi connectivity index (χ0v) is 16.5. The van der Waals surface area contributed by atoms with Gasteiger partial charge in [0.05, 0.1) is 6.10 Å². The van der Waals surface area contributed by atoms with Crippen LogP contribution in [0.5, 0.6) is 0 Å². The van der Waals surface area contributed by atoms with Crippen LogP contribution in [0.25, 0.3) is 0 Å². The number of nitrogens with one attached hydrogen (secondary N) is 2. The fraction of sp³-hybridized carbons (Fsp3) is 0.588. The molecule has 1 aliphatic rings. The first-order chi connectivity index (χ1) is 11.1. The van der Waals surface area contributed by atoms with Crippen LogP contribution in [-0.4, -0.2) is 38.3 Å². The molecule has 2 atom stereocenters. The van der Waals surface area contributed by atoms with Gasteiger partial charge < -0.3 is 15.4 Å². The van der Waals surface area contributed by atoms with Crippen LogP contribution in [0.4, 0.5) is 8.78 Å². The van der Waals surface area contributed by atoms with Crippen molar-refractivity contribution in [2.24, 2.45) is 4.99 Å². The van der Waals surface area contributed by atoms with Gasteiger partial charge in [-0.2, -0.15) is 0 Å². The van der Waals surface area contributed by atoms with Gasteiger partial charge in [0.15, 0.2) is 17.6 Å². The third-order valence-corrected chi connectivity index (χ3v) is 3.90. The maximum absolute atomic E-state index is 13.3. The van der Waals surface area contributed by atoms with Crippen LogP contribution < -0.4 is 10.6 Å². The van der Waals surface area contributed by atoms with Gasteiger partial charge in [-0.25, -0.2) is 8.78 Å². The van der Waals surface area contributed by atoms with Crippen molar-refractivity contribution in [3.63, 3.8) is 0 Å². The Kier molecular flexibility index (Phi) is 9.50. The van der Waals surface area contributed by atoms with E-state index in [-0.39, 0.29) is 36.0 Å². The minimum Gasteiger partial charge on any atom is -0.376 e. The number of hydrogen-bond donors (Lipinski definition) is 2. The number of guanidine groups is 1. The molecule has 24 heavy (non-hydrogen) atoms. The van der Waals surface area contributed by atoms with E-state index in [1.54, 1.807) is 6.07 Å². The molecule has 0 radical (unpaired) electrons. The van der Waals surface area contributed by atoms with Gasteiger partial charge in [0.2, 0.25) is 0 Å². The Hall–Kier alpha value is -0.960. The number of hydrogen-bond acceptors (Lipinski definition) is 2. The fourth-order valence-electron chi connectivity index (χ4n) is 2.51. The molecule has 0 amide bonds. The van der Waals surface area contributed by atoms with E-state index in [1.807, 2.05) is 13.8 Å². The number of halogens is 3. The van der Waals surface area contributed by atoms with E-state index in [0.717, 1.165) is 50.1 Å². The second-order valence-electron chi connectivity index (χ2n) is 5.81. The summed E-state index contributed by atoms with van der Waals surface area (Å²) in [7, 11) is 0. The summed E-state index contributed by atoms with van der Waals surface area (Å²) in [6, 6.07) is 4.00. The molecule has 0 saturated carbocycles. The van der Waals surface area contributed by atoms with Gasteiger partial charge in [-0.3, -0.25) is 4.99 Å². The first kappa shape index (κ1) is 21.1. The maximum Gasteiger partial charge on any atom is 0.191 e. The quantitative estimate of drug-likeness (QED) is 0.394. The normalized spacial score (nSPS) is 18.8. The molecule has 2 unspecified atom stereocenters. The van der Waals surface area contributed by atoms with Gasteiger partial charge in [-0.15, -0.1) is 24.0 Å². The molecule has 0 aromatic heterocycles. The average molecular weight is 453 g/mol. The van der Waals surface area contributed by atoms with Crippen molar-refractivity contribution in [1.29, 1.82) is 0 Å². The van der Waals surface area contributed by atoms with Gasteiger partial charge in [0, 0.05) is 32.2 Å². The molecule has 0 bridgehead atoms. The summed E-state index contributed by atoms with van der Waals surface area (Å²) in [5.41, 5.74) is 0.739. The first-order valence-corrected chi connectivity index (χ1v) is 8.19. The van der Waals surface area contributed by atoms with Gasteiger partial charge in [0.25, 0.3) is 0 Å². The second-order valence-corrected chi connectivity index (χ2v) is 5.81. The lowest BCUT2D eigenvalue weighted by molar-refractivity contribution is 0.114. The van der Waals surface area contributed by atoms with Crippen LogP contribution in [0, 0.1) is 11.6 Å². The van der Waals surface area contributed by atoms with E-state index in [9.17, 15) is 8.78 Å². The Balaban J connectivity index is 0.00000288. The van der Waals surface area contributed by atoms with E-state index < -0.39 is 11.6 Å². The van der Waals surface area contributed by atoms with Crippen LogP contribution in [0.15, 0.2) is 23.2 Å². The SMILES string of the molecule is CCNC(=NCC(C)c1ccc(F)c(F)c1)NCC1CCCO1.I. The van der Waals surface area contributed by atoms with Crippen LogP contribution in [-0.2, 0) is 4.74 Å². The number of nitrogens with zero attached hydrogens (tertiary/aromatic N) is 1. The Morgan fingerprint density at radius 3 is 2.75 bits per heavy atom. The fourth-order valence-corrected chi connectivity index (χ4v) is 2.51. The monoisotopic (exact) mass is 453 g/mol. The molecule has 1 aromatic carbocycles. The molecule has 1 saturated heterocycles. The van der Waals surface area contributed by atoms with Crippen LogP contribution in [0.1, 0.15) is 38.2 Å².